The van der Waals surface area contributed by atoms with E-state index in [0.717, 1.165) is 41.2 Å². The molecule has 2 aromatic rings. The maximum absolute atomic E-state index is 11.9. The minimum atomic E-state index is -3.10. The van der Waals surface area contributed by atoms with Crippen LogP contribution in [-0.2, 0) is 16.4 Å². The predicted molar refractivity (Wildman–Crippen MR) is 150 cm³/mol. The van der Waals surface area contributed by atoms with Crippen LogP contribution in [0.1, 0.15) is 31.4 Å². The number of likely N-dealkylation sites (N-methyl/N-ethyl adjacent to an activating group) is 1. The van der Waals surface area contributed by atoms with Crippen LogP contribution in [0.3, 0.4) is 0 Å². The average Bonchev–Trinajstić information content (AvgIpc) is 2.87. The second kappa shape index (κ2) is 11.8. The first-order chi connectivity index (χ1) is 17.8. The van der Waals surface area contributed by atoms with Gasteiger partial charge < -0.3 is 20.1 Å². The number of rotatable bonds is 5. The summed E-state index contributed by atoms with van der Waals surface area (Å²) >= 11 is 0. The molecule has 8 nitrogen and oxygen atoms in total. The molecule has 0 amide bonds. The molecule has 2 aromatic carbocycles. The van der Waals surface area contributed by atoms with Crippen molar-refractivity contribution < 1.29 is 17.9 Å². The molecule has 37 heavy (non-hydrogen) atoms. The maximum atomic E-state index is 11.9. The Balaban J connectivity index is 1.61. The molecule has 0 spiro atoms. The Kier molecular flexibility index (Phi) is 8.56. The van der Waals surface area contributed by atoms with E-state index >= 15 is 0 Å². The molecule has 6 bridgehead atoms. The fraction of sp³-hybridized carbons (Fsp3) is 0.393. The minimum absolute atomic E-state index is 0.00337. The molecule has 1 unspecified atom stereocenters. The predicted octanol–water partition coefficient (Wildman–Crippen LogP) is 4.07. The van der Waals surface area contributed by atoms with Crippen LogP contribution in [0, 0.1) is 0 Å². The molecule has 2 N–H and O–H groups in total. The van der Waals surface area contributed by atoms with E-state index in [0.29, 0.717) is 18.9 Å². The summed E-state index contributed by atoms with van der Waals surface area (Å²) in [5, 5.41) is 7.01. The van der Waals surface area contributed by atoms with E-state index < -0.39 is 15.6 Å². The SMILES string of the molecule is CCS(=O)(=O)CCOc1ccc2cc1CN(C)C/C=C/CCOc1cccc(c1)C1=CC=NC(C)(N1)N2. The number of nitrogens with zero attached hydrogens (tertiary/aromatic N) is 2. The van der Waals surface area contributed by atoms with Gasteiger partial charge in [-0.3, -0.25) is 4.90 Å². The van der Waals surface area contributed by atoms with E-state index in [1.165, 1.54) is 0 Å². The highest BCUT2D eigenvalue weighted by atomic mass is 32.2. The summed E-state index contributed by atoms with van der Waals surface area (Å²) in [7, 11) is -1.06. The van der Waals surface area contributed by atoms with Gasteiger partial charge in [0.15, 0.2) is 9.84 Å². The number of fused-ring (bicyclic) bond motifs is 7. The number of ether oxygens (including phenoxy) is 2. The summed E-state index contributed by atoms with van der Waals surface area (Å²) in [6, 6.07) is 13.9. The lowest BCUT2D eigenvalue weighted by Gasteiger charge is -2.33. The maximum Gasteiger partial charge on any atom is 0.202 e. The second-order valence-corrected chi connectivity index (χ2v) is 11.9. The second-order valence-electron chi connectivity index (χ2n) is 9.42. The van der Waals surface area contributed by atoms with E-state index in [2.05, 4.69) is 32.7 Å². The van der Waals surface area contributed by atoms with Gasteiger partial charge in [-0.05, 0) is 56.8 Å². The quantitative estimate of drug-likeness (QED) is 0.570. The van der Waals surface area contributed by atoms with Crippen LogP contribution in [0.15, 0.2) is 65.7 Å². The van der Waals surface area contributed by atoms with Gasteiger partial charge in [-0.25, -0.2) is 13.4 Å². The zero-order valence-electron chi connectivity index (χ0n) is 21.7. The molecule has 0 aromatic heterocycles. The van der Waals surface area contributed by atoms with Crippen molar-refractivity contribution in [2.24, 2.45) is 4.99 Å². The molecule has 2 heterocycles. The van der Waals surface area contributed by atoms with Crippen molar-refractivity contribution >= 4 is 27.4 Å². The summed E-state index contributed by atoms with van der Waals surface area (Å²) in [5.74, 6) is 0.847. The highest BCUT2D eigenvalue weighted by Crippen LogP contribution is 2.28. The molecule has 0 aliphatic carbocycles. The molecular weight excluding hydrogens is 488 g/mol. The average molecular weight is 525 g/mol. The molecule has 0 saturated carbocycles. The number of anilines is 1. The van der Waals surface area contributed by atoms with Crippen LogP contribution in [-0.4, -0.2) is 63.6 Å². The molecular formula is C28H36N4O4S. The van der Waals surface area contributed by atoms with Crippen molar-refractivity contribution in [1.82, 2.24) is 10.2 Å². The number of hydrogen-bond acceptors (Lipinski definition) is 8. The molecule has 9 heteroatoms. The highest BCUT2D eigenvalue weighted by Gasteiger charge is 2.26. The first-order valence-electron chi connectivity index (χ1n) is 12.6. The Morgan fingerprint density at radius 2 is 2.03 bits per heavy atom. The van der Waals surface area contributed by atoms with Crippen LogP contribution >= 0.6 is 0 Å². The molecule has 0 saturated heterocycles. The van der Waals surface area contributed by atoms with Crippen molar-refractivity contribution in [3.8, 4) is 11.5 Å². The van der Waals surface area contributed by atoms with Crippen molar-refractivity contribution in [2.45, 2.75) is 32.6 Å². The monoisotopic (exact) mass is 524 g/mol. The first-order valence-corrected chi connectivity index (χ1v) is 14.4. The van der Waals surface area contributed by atoms with Crippen molar-refractivity contribution in [3.63, 3.8) is 0 Å². The Hall–Kier alpha value is -3.30. The van der Waals surface area contributed by atoms with Gasteiger partial charge in [0, 0.05) is 47.6 Å². The lowest BCUT2D eigenvalue weighted by atomic mass is 10.1. The van der Waals surface area contributed by atoms with Gasteiger partial charge in [0.1, 0.15) is 18.1 Å². The van der Waals surface area contributed by atoms with E-state index in [4.69, 9.17) is 9.47 Å². The van der Waals surface area contributed by atoms with Crippen LogP contribution in [0.25, 0.3) is 5.70 Å². The topological polar surface area (TPSA) is 92.3 Å². The third-order valence-corrected chi connectivity index (χ3v) is 7.88. The Labute approximate surface area is 220 Å². The first kappa shape index (κ1) is 26.8. The van der Waals surface area contributed by atoms with Crippen molar-refractivity contribution in [2.75, 3.05) is 43.6 Å². The summed E-state index contributed by atoms with van der Waals surface area (Å²) in [6.07, 6.45) is 8.82. The molecule has 0 radical (unpaired) electrons. The fourth-order valence-electron chi connectivity index (χ4n) is 4.18. The third-order valence-electron chi connectivity index (χ3n) is 6.21. The molecule has 2 aliphatic rings. The third kappa shape index (κ3) is 7.60. The summed E-state index contributed by atoms with van der Waals surface area (Å²) in [4.78, 5) is 6.84. The van der Waals surface area contributed by atoms with E-state index in [1.807, 2.05) is 62.5 Å². The van der Waals surface area contributed by atoms with E-state index in [-0.39, 0.29) is 18.1 Å². The zero-order chi connectivity index (χ0) is 26.3. The smallest absolute Gasteiger partial charge is 0.202 e. The van der Waals surface area contributed by atoms with Crippen LogP contribution < -0.4 is 20.1 Å². The summed E-state index contributed by atoms with van der Waals surface area (Å²) in [5.41, 5.74) is 3.79. The lowest BCUT2D eigenvalue weighted by Crippen LogP contribution is -2.48. The van der Waals surface area contributed by atoms with Gasteiger partial charge in [-0.1, -0.05) is 31.2 Å². The van der Waals surface area contributed by atoms with Crippen LogP contribution in [0.4, 0.5) is 5.69 Å². The number of benzene rings is 2. The number of nitrogens with one attached hydrogen (secondary N) is 2. The number of allylic oxidation sites excluding steroid dienone is 1. The van der Waals surface area contributed by atoms with Gasteiger partial charge in [0.2, 0.25) is 5.79 Å². The number of hydrogen-bond donors (Lipinski definition) is 2. The van der Waals surface area contributed by atoms with Gasteiger partial charge in [0.25, 0.3) is 0 Å². The van der Waals surface area contributed by atoms with E-state index in [1.54, 1.807) is 13.1 Å². The highest BCUT2D eigenvalue weighted by molar-refractivity contribution is 7.91. The normalized spacial score (nSPS) is 21.3. The number of sulfone groups is 1. The standard InChI is InChI=1S/C28H36N4O4S/c1-4-37(33,34)18-17-36-27-12-11-24-19-23(27)21-32(3)15-6-5-7-16-35-25-10-8-9-22(20-25)26-13-14-29-28(2,30-24)31-26/h5-6,8-14,19-20,30-31H,4,7,15-18,21H2,1-3H3/b6-5+. The molecule has 198 valence electrons. The Bertz CT molecular complexity index is 1290. The largest absolute Gasteiger partial charge is 0.493 e. The van der Waals surface area contributed by atoms with Gasteiger partial charge in [0.05, 0.1) is 12.4 Å². The van der Waals surface area contributed by atoms with Crippen LogP contribution in [0.2, 0.25) is 0 Å². The fourth-order valence-corrected chi connectivity index (χ4v) is 4.81. The summed E-state index contributed by atoms with van der Waals surface area (Å²) < 4.78 is 35.8. The minimum Gasteiger partial charge on any atom is -0.493 e. The lowest BCUT2D eigenvalue weighted by molar-refractivity contribution is 0.316. The Morgan fingerprint density at radius 3 is 2.86 bits per heavy atom. The van der Waals surface area contributed by atoms with Crippen molar-refractivity contribution in [1.29, 1.82) is 0 Å². The van der Waals surface area contributed by atoms with Crippen molar-refractivity contribution in [3.05, 3.63) is 71.8 Å². The Morgan fingerprint density at radius 1 is 1.16 bits per heavy atom. The summed E-state index contributed by atoms with van der Waals surface area (Å²) in [6.45, 7) is 5.74. The zero-order valence-corrected chi connectivity index (χ0v) is 22.6. The molecule has 1 atom stereocenters. The number of aliphatic imine (C=N–C) groups is 1. The molecule has 4 rings (SSSR count). The molecule has 2 aliphatic heterocycles. The van der Waals surface area contributed by atoms with Crippen LogP contribution in [0.5, 0.6) is 11.5 Å². The van der Waals surface area contributed by atoms with E-state index in [9.17, 15) is 8.42 Å². The van der Waals surface area contributed by atoms with Gasteiger partial charge in [-0.2, -0.15) is 0 Å². The molecule has 0 fully saturated rings. The van der Waals surface area contributed by atoms with Gasteiger partial charge in [-0.15, -0.1) is 0 Å². The van der Waals surface area contributed by atoms with Gasteiger partial charge >= 0.3 is 0 Å².